The van der Waals surface area contributed by atoms with Gasteiger partial charge in [-0.3, -0.25) is 4.68 Å². The lowest BCUT2D eigenvalue weighted by atomic mass is 10.1. The second-order valence-electron chi connectivity index (χ2n) is 4.51. The van der Waals surface area contributed by atoms with Gasteiger partial charge in [-0.05, 0) is 19.8 Å². The summed E-state index contributed by atoms with van der Waals surface area (Å²) in [7, 11) is 0. The van der Waals surface area contributed by atoms with E-state index in [1.807, 2.05) is 25.5 Å². The zero-order valence-corrected chi connectivity index (χ0v) is 10.9. The Balaban J connectivity index is 2.58. The number of hydrogen-bond donors (Lipinski definition) is 3. The van der Waals surface area contributed by atoms with Crippen molar-refractivity contribution in [2.24, 2.45) is 5.92 Å². The van der Waals surface area contributed by atoms with Crippen LogP contribution in [-0.2, 0) is 13.1 Å². The van der Waals surface area contributed by atoms with Crippen LogP contribution in [0.5, 0.6) is 0 Å². The second kappa shape index (κ2) is 6.74. The Labute approximate surface area is 102 Å². The van der Waals surface area contributed by atoms with E-state index in [0.717, 1.165) is 24.5 Å². The van der Waals surface area contributed by atoms with Crippen LogP contribution in [0.4, 0.5) is 0 Å². The van der Waals surface area contributed by atoms with Gasteiger partial charge in [0.2, 0.25) is 0 Å². The summed E-state index contributed by atoms with van der Waals surface area (Å²) in [5.74, 6) is 0.267. The van der Waals surface area contributed by atoms with Gasteiger partial charge in [-0.2, -0.15) is 5.10 Å². The lowest BCUT2D eigenvalue weighted by Crippen LogP contribution is -2.23. The van der Waals surface area contributed by atoms with E-state index in [0.29, 0.717) is 6.54 Å². The molecule has 0 saturated carbocycles. The maximum absolute atomic E-state index is 8.93. The topological polar surface area (TPSA) is 70.3 Å². The number of aromatic nitrogens is 2. The summed E-state index contributed by atoms with van der Waals surface area (Å²) in [6.45, 7) is 8.40. The Morgan fingerprint density at radius 2 is 2.06 bits per heavy atom. The van der Waals surface area contributed by atoms with Crippen molar-refractivity contribution >= 4 is 0 Å². The maximum Gasteiger partial charge on any atom is 0.0644 e. The van der Waals surface area contributed by atoms with E-state index < -0.39 is 0 Å². The van der Waals surface area contributed by atoms with Crippen molar-refractivity contribution in [2.45, 2.75) is 33.9 Å². The van der Waals surface area contributed by atoms with E-state index in [2.05, 4.69) is 10.4 Å². The van der Waals surface area contributed by atoms with Crippen LogP contribution in [-0.4, -0.2) is 39.8 Å². The van der Waals surface area contributed by atoms with Crippen molar-refractivity contribution in [2.75, 3.05) is 19.8 Å². The van der Waals surface area contributed by atoms with Crippen LogP contribution in [0.25, 0.3) is 0 Å². The van der Waals surface area contributed by atoms with E-state index in [1.54, 1.807) is 0 Å². The van der Waals surface area contributed by atoms with Gasteiger partial charge in [-0.25, -0.2) is 0 Å². The molecule has 0 amide bonds. The van der Waals surface area contributed by atoms with Gasteiger partial charge in [0.1, 0.15) is 0 Å². The standard InChI is InChI=1S/C12H23N3O2/c1-9(8-17)6-13-7-12-10(2)14-15(4-5-16)11(12)3/h9,13,16-17H,4-8H2,1-3H3. The van der Waals surface area contributed by atoms with Gasteiger partial charge in [-0.1, -0.05) is 6.92 Å². The van der Waals surface area contributed by atoms with Crippen molar-refractivity contribution in [3.8, 4) is 0 Å². The molecule has 0 aliphatic rings. The summed E-state index contributed by atoms with van der Waals surface area (Å²) < 4.78 is 1.84. The summed E-state index contributed by atoms with van der Waals surface area (Å²) in [5.41, 5.74) is 3.28. The number of nitrogens with zero attached hydrogens (tertiary/aromatic N) is 2. The zero-order chi connectivity index (χ0) is 12.8. The molecule has 1 unspecified atom stereocenters. The van der Waals surface area contributed by atoms with Gasteiger partial charge >= 0.3 is 0 Å². The van der Waals surface area contributed by atoms with Crippen LogP contribution in [0.3, 0.4) is 0 Å². The lowest BCUT2D eigenvalue weighted by molar-refractivity contribution is 0.233. The largest absolute Gasteiger partial charge is 0.396 e. The predicted octanol–water partition coefficient (Wildman–Crippen LogP) is 0.210. The SMILES string of the molecule is Cc1nn(CCO)c(C)c1CNCC(C)CO. The number of aryl methyl sites for hydroxylation is 1. The molecule has 0 aliphatic heterocycles. The normalized spacial score (nSPS) is 13.0. The molecule has 0 bridgehead atoms. The highest BCUT2D eigenvalue weighted by atomic mass is 16.3. The highest BCUT2D eigenvalue weighted by Crippen LogP contribution is 2.12. The lowest BCUT2D eigenvalue weighted by Gasteiger charge is -2.10. The Bertz CT molecular complexity index is 350. The minimum absolute atomic E-state index is 0.108. The molecule has 1 atom stereocenters. The number of rotatable bonds is 7. The molecule has 1 heterocycles. The van der Waals surface area contributed by atoms with Crippen LogP contribution in [0.2, 0.25) is 0 Å². The highest BCUT2D eigenvalue weighted by Gasteiger charge is 2.10. The number of hydrogen-bond acceptors (Lipinski definition) is 4. The molecule has 3 N–H and O–H groups in total. The van der Waals surface area contributed by atoms with Crippen molar-refractivity contribution in [3.05, 3.63) is 17.0 Å². The smallest absolute Gasteiger partial charge is 0.0644 e. The Morgan fingerprint density at radius 1 is 1.35 bits per heavy atom. The van der Waals surface area contributed by atoms with Gasteiger partial charge in [0.15, 0.2) is 0 Å². The molecule has 0 fully saturated rings. The monoisotopic (exact) mass is 241 g/mol. The second-order valence-corrected chi connectivity index (χ2v) is 4.51. The molecule has 0 saturated heterocycles. The first-order chi connectivity index (χ1) is 8.10. The van der Waals surface area contributed by atoms with Gasteiger partial charge in [0.05, 0.1) is 18.8 Å². The fourth-order valence-electron chi connectivity index (χ4n) is 1.81. The fraction of sp³-hybridized carbons (Fsp3) is 0.750. The average Bonchev–Trinajstić information content (AvgIpc) is 2.57. The molecule has 1 rings (SSSR count). The van der Waals surface area contributed by atoms with Gasteiger partial charge in [-0.15, -0.1) is 0 Å². The predicted molar refractivity (Wildman–Crippen MR) is 66.7 cm³/mol. The Morgan fingerprint density at radius 3 is 2.65 bits per heavy atom. The molecule has 5 heteroatoms. The Kier molecular flexibility index (Phi) is 5.61. The summed E-state index contributed by atoms with van der Waals surface area (Å²) in [4.78, 5) is 0. The van der Waals surface area contributed by atoms with Gasteiger partial charge in [0.25, 0.3) is 0 Å². The minimum atomic E-state index is 0.108. The molecule has 0 radical (unpaired) electrons. The summed E-state index contributed by atoms with van der Waals surface area (Å²) >= 11 is 0. The van der Waals surface area contributed by atoms with E-state index in [1.165, 1.54) is 5.56 Å². The number of aliphatic hydroxyl groups excluding tert-OH is 2. The molecular weight excluding hydrogens is 218 g/mol. The first-order valence-electron chi connectivity index (χ1n) is 6.05. The molecule has 1 aromatic heterocycles. The molecule has 0 aromatic carbocycles. The number of aliphatic hydroxyl groups is 2. The van der Waals surface area contributed by atoms with E-state index >= 15 is 0 Å². The van der Waals surface area contributed by atoms with Gasteiger partial charge in [0, 0.05) is 31.0 Å². The Hall–Kier alpha value is -0.910. The summed E-state index contributed by atoms with van der Waals surface area (Å²) in [5, 5.41) is 25.6. The molecule has 17 heavy (non-hydrogen) atoms. The van der Waals surface area contributed by atoms with Crippen LogP contribution in [0.15, 0.2) is 0 Å². The third-order valence-electron chi connectivity index (χ3n) is 2.95. The first-order valence-corrected chi connectivity index (χ1v) is 6.05. The van der Waals surface area contributed by atoms with E-state index in [4.69, 9.17) is 10.2 Å². The average molecular weight is 241 g/mol. The molecule has 5 nitrogen and oxygen atoms in total. The third-order valence-corrected chi connectivity index (χ3v) is 2.95. The fourth-order valence-corrected chi connectivity index (χ4v) is 1.81. The number of nitrogens with one attached hydrogen (secondary N) is 1. The van der Waals surface area contributed by atoms with Crippen LogP contribution < -0.4 is 5.32 Å². The van der Waals surface area contributed by atoms with Gasteiger partial charge < -0.3 is 15.5 Å². The highest BCUT2D eigenvalue weighted by molar-refractivity contribution is 5.24. The zero-order valence-electron chi connectivity index (χ0n) is 10.9. The van der Waals surface area contributed by atoms with Crippen molar-refractivity contribution in [3.63, 3.8) is 0 Å². The van der Waals surface area contributed by atoms with E-state index in [-0.39, 0.29) is 19.1 Å². The molecule has 0 aliphatic carbocycles. The molecular formula is C12H23N3O2. The van der Waals surface area contributed by atoms with Crippen LogP contribution in [0.1, 0.15) is 23.9 Å². The maximum atomic E-state index is 8.93. The minimum Gasteiger partial charge on any atom is -0.396 e. The first kappa shape index (κ1) is 14.2. The van der Waals surface area contributed by atoms with Crippen molar-refractivity contribution < 1.29 is 10.2 Å². The van der Waals surface area contributed by atoms with Crippen molar-refractivity contribution in [1.82, 2.24) is 15.1 Å². The quantitative estimate of drug-likeness (QED) is 0.638. The van der Waals surface area contributed by atoms with E-state index in [9.17, 15) is 0 Å². The molecule has 98 valence electrons. The van der Waals surface area contributed by atoms with Crippen molar-refractivity contribution in [1.29, 1.82) is 0 Å². The summed E-state index contributed by atoms with van der Waals surface area (Å²) in [6, 6.07) is 0. The van der Waals surface area contributed by atoms with Crippen LogP contribution in [0, 0.1) is 19.8 Å². The molecule has 0 spiro atoms. The summed E-state index contributed by atoms with van der Waals surface area (Å²) in [6.07, 6.45) is 0. The third kappa shape index (κ3) is 3.80. The van der Waals surface area contributed by atoms with Crippen LogP contribution >= 0.6 is 0 Å². The molecule has 1 aromatic rings.